The van der Waals surface area contributed by atoms with E-state index in [-0.39, 0.29) is 11.3 Å². The summed E-state index contributed by atoms with van der Waals surface area (Å²) in [6, 6.07) is 7.24. The van der Waals surface area contributed by atoms with Gasteiger partial charge in [0, 0.05) is 30.8 Å². The highest BCUT2D eigenvalue weighted by Gasteiger charge is 2.14. The molecular formula is C16H25N3OS. The number of nitrogens with two attached hydrogens (primary N) is 1. The number of amides is 1. The van der Waals surface area contributed by atoms with Gasteiger partial charge < -0.3 is 16.0 Å². The summed E-state index contributed by atoms with van der Waals surface area (Å²) in [5.41, 5.74) is 7.33. The number of hydrogen-bond acceptors (Lipinski definition) is 3. The highest BCUT2D eigenvalue weighted by atomic mass is 32.1. The van der Waals surface area contributed by atoms with Gasteiger partial charge in [0.1, 0.15) is 4.99 Å². The quantitative estimate of drug-likeness (QED) is 0.793. The third-order valence-electron chi connectivity index (χ3n) is 2.92. The molecule has 0 radical (unpaired) electrons. The van der Waals surface area contributed by atoms with Gasteiger partial charge in [-0.25, -0.2) is 0 Å². The predicted octanol–water partition coefficient (Wildman–Crippen LogP) is 2.63. The van der Waals surface area contributed by atoms with E-state index in [4.69, 9.17) is 18.0 Å². The van der Waals surface area contributed by atoms with Gasteiger partial charge in [-0.2, -0.15) is 0 Å². The second kappa shape index (κ2) is 7.52. The van der Waals surface area contributed by atoms with Gasteiger partial charge in [-0.15, -0.1) is 0 Å². The van der Waals surface area contributed by atoms with Crippen LogP contribution in [0.5, 0.6) is 0 Å². The van der Waals surface area contributed by atoms with Crippen LogP contribution in [-0.2, 0) is 4.79 Å². The number of rotatable bonds is 6. The number of thiocarbonyl (C=S) groups is 1. The summed E-state index contributed by atoms with van der Waals surface area (Å²) in [6.07, 6.45) is 0.476. The standard InChI is InChI=1S/C16H25N3OS/c1-16(2,3)11-19(4)10-9-14(20)18-13-7-5-12(6-8-13)15(17)21/h5-8H,9-11H2,1-4H3,(H2,17,21)(H,18,20). The predicted molar refractivity (Wildman–Crippen MR) is 92.5 cm³/mol. The molecule has 0 atom stereocenters. The zero-order chi connectivity index (χ0) is 16.0. The second-order valence-corrected chi connectivity index (χ2v) is 6.98. The summed E-state index contributed by atoms with van der Waals surface area (Å²) in [5.74, 6) is 0.0128. The number of carbonyl (C=O) groups excluding carboxylic acids is 1. The van der Waals surface area contributed by atoms with Crippen molar-refractivity contribution in [2.45, 2.75) is 27.2 Å². The molecule has 5 heteroatoms. The van der Waals surface area contributed by atoms with Crippen molar-refractivity contribution in [1.82, 2.24) is 4.90 Å². The van der Waals surface area contributed by atoms with Crippen molar-refractivity contribution in [2.75, 3.05) is 25.5 Å². The van der Waals surface area contributed by atoms with E-state index >= 15 is 0 Å². The molecule has 4 nitrogen and oxygen atoms in total. The minimum Gasteiger partial charge on any atom is -0.389 e. The molecule has 0 aliphatic rings. The first kappa shape index (κ1) is 17.6. The molecular weight excluding hydrogens is 282 g/mol. The third-order valence-corrected chi connectivity index (χ3v) is 3.15. The van der Waals surface area contributed by atoms with E-state index < -0.39 is 0 Å². The maximum atomic E-state index is 11.9. The van der Waals surface area contributed by atoms with Crippen molar-refractivity contribution in [2.24, 2.45) is 11.1 Å². The lowest BCUT2D eigenvalue weighted by atomic mass is 9.96. The van der Waals surface area contributed by atoms with Crippen LogP contribution in [-0.4, -0.2) is 35.9 Å². The number of anilines is 1. The number of benzene rings is 1. The summed E-state index contributed by atoms with van der Waals surface area (Å²) in [6.45, 7) is 8.27. The normalized spacial score (nSPS) is 11.5. The number of nitrogens with one attached hydrogen (secondary N) is 1. The Morgan fingerprint density at radius 2 is 1.86 bits per heavy atom. The third kappa shape index (κ3) is 7.20. The Kier molecular flexibility index (Phi) is 6.30. The van der Waals surface area contributed by atoms with Gasteiger partial charge in [-0.05, 0) is 36.7 Å². The fourth-order valence-corrected chi connectivity index (χ4v) is 2.26. The molecule has 0 aliphatic carbocycles. The largest absolute Gasteiger partial charge is 0.389 e. The van der Waals surface area contributed by atoms with E-state index in [2.05, 4.69) is 31.0 Å². The van der Waals surface area contributed by atoms with Crippen LogP contribution >= 0.6 is 12.2 Å². The number of carbonyl (C=O) groups is 1. The van der Waals surface area contributed by atoms with Crippen molar-refractivity contribution in [1.29, 1.82) is 0 Å². The molecule has 0 aliphatic heterocycles. The van der Waals surface area contributed by atoms with Gasteiger partial charge in [0.2, 0.25) is 5.91 Å². The number of nitrogens with zero attached hydrogens (tertiary/aromatic N) is 1. The average molecular weight is 307 g/mol. The average Bonchev–Trinajstić information content (AvgIpc) is 2.35. The molecule has 0 heterocycles. The van der Waals surface area contributed by atoms with Crippen molar-refractivity contribution in [3.05, 3.63) is 29.8 Å². The molecule has 1 aromatic rings. The molecule has 116 valence electrons. The van der Waals surface area contributed by atoms with Crippen LogP contribution in [0.4, 0.5) is 5.69 Å². The maximum absolute atomic E-state index is 11.9. The van der Waals surface area contributed by atoms with Crippen molar-refractivity contribution >= 4 is 28.8 Å². The minimum atomic E-state index is 0.0128. The molecule has 3 N–H and O–H groups in total. The zero-order valence-electron chi connectivity index (χ0n) is 13.3. The van der Waals surface area contributed by atoms with Crippen molar-refractivity contribution in [3.8, 4) is 0 Å². The van der Waals surface area contributed by atoms with Gasteiger partial charge >= 0.3 is 0 Å². The Hall–Kier alpha value is -1.46. The summed E-state index contributed by atoms with van der Waals surface area (Å²) < 4.78 is 0. The van der Waals surface area contributed by atoms with Crippen molar-refractivity contribution in [3.63, 3.8) is 0 Å². The van der Waals surface area contributed by atoms with E-state index in [1.54, 1.807) is 0 Å². The number of hydrogen-bond donors (Lipinski definition) is 2. The van der Waals surface area contributed by atoms with Gasteiger partial charge in [-0.3, -0.25) is 4.79 Å². The summed E-state index contributed by atoms with van der Waals surface area (Å²) in [5, 5.41) is 2.88. The Labute approximate surface area is 132 Å². The molecule has 0 spiro atoms. The van der Waals surface area contributed by atoms with Crippen LogP contribution in [0, 0.1) is 5.41 Å². The highest BCUT2D eigenvalue weighted by Crippen LogP contribution is 2.14. The first-order valence-corrected chi connectivity index (χ1v) is 7.46. The molecule has 0 saturated carbocycles. The molecule has 0 bridgehead atoms. The lowest BCUT2D eigenvalue weighted by Crippen LogP contribution is -2.31. The molecule has 1 aromatic carbocycles. The zero-order valence-corrected chi connectivity index (χ0v) is 14.1. The Morgan fingerprint density at radius 3 is 2.33 bits per heavy atom. The topological polar surface area (TPSA) is 58.4 Å². The summed E-state index contributed by atoms with van der Waals surface area (Å²) >= 11 is 4.89. The maximum Gasteiger partial charge on any atom is 0.225 e. The monoisotopic (exact) mass is 307 g/mol. The van der Waals surface area contributed by atoms with Crippen LogP contribution in [0.25, 0.3) is 0 Å². The second-order valence-electron chi connectivity index (χ2n) is 6.54. The smallest absolute Gasteiger partial charge is 0.225 e. The Balaban J connectivity index is 2.41. The fourth-order valence-electron chi connectivity index (χ4n) is 2.12. The molecule has 1 rings (SSSR count). The molecule has 0 aromatic heterocycles. The van der Waals surface area contributed by atoms with Crippen LogP contribution < -0.4 is 11.1 Å². The highest BCUT2D eigenvalue weighted by molar-refractivity contribution is 7.80. The van der Waals surface area contributed by atoms with E-state index in [1.807, 2.05) is 31.3 Å². The fraction of sp³-hybridized carbons (Fsp3) is 0.500. The van der Waals surface area contributed by atoms with Crippen LogP contribution in [0.2, 0.25) is 0 Å². The molecule has 0 saturated heterocycles. The first-order chi connectivity index (χ1) is 9.67. The van der Waals surface area contributed by atoms with E-state index in [0.29, 0.717) is 11.4 Å². The Morgan fingerprint density at radius 1 is 1.29 bits per heavy atom. The van der Waals surface area contributed by atoms with Crippen molar-refractivity contribution < 1.29 is 4.79 Å². The van der Waals surface area contributed by atoms with E-state index in [0.717, 1.165) is 24.3 Å². The van der Waals surface area contributed by atoms with E-state index in [9.17, 15) is 4.79 Å². The lowest BCUT2D eigenvalue weighted by Gasteiger charge is -2.26. The lowest BCUT2D eigenvalue weighted by molar-refractivity contribution is -0.116. The van der Waals surface area contributed by atoms with Crippen LogP contribution in [0.15, 0.2) is 24.3 Å². The van der Waals surface area contributed by atoms with Gasteiger partial charge in [-0.1, -0.05) is 33.0 Å². The van der Waals surface area contributed by atoms with Crippen LogP contribution in [0.1, 0.15) is 32.8 Å². The SMILES string of the molecule is CN(CCC(=O)Nc1ccc(C(N)=S)cc1)CC(C)(C)C. The first-order valence-electron chi connectivity index (χ1n) is 7.06. The van der Waals surface area contributed by atoms with Gasteiger partial charge in [0.05, 0.1) is 0 Å². The van der Waals surface area contributed by atoms with E-state index in [1.165, 1.54) is 0 Å². The Bertz CT molecular complexity index is 491. The molecule has 1 amide bonds. The summed E-state index contributed by atoms with van der Waals surface area (Å²) in [4.78, 5) is 14.4. The summed E-state index contributed by atoms with van der Waals surface area (Å²) in [7, 11) is 2.04. The molecule has 0 fully saturated rings. The minimum absolute atomic E-state index is 0.0128. The van der Waals surface area contributed by atoms with Crippen LogP contribution in [0.3, 0.4) is 0 Å². The molecule has 0 unspecified atom stereocenters. The van der Waals surface area contributed by atoms with Gasteiger partial charge in [0.25, 0.3) is 0 Å². The molecule has 21 heavy (non-hydrogen) atoms. The van der Waals surface area contributed by atoms with Gasteiger partial charge in [0.15, 0.2) is 0 Å².